The van der Waals surface area contributed by atoms with Gasteiger partial charge in [0.05, 0.1) is 24.2 Å². The minimum atomic E-state index is -0.298. The van der Waals surface area contributed by atoms with Crippen molar-refractivity contribution in [3.8, 4) is 0 Å². The second-order valence-corrected chi connectivity index (χ2v) is 6.68. The maximum atomic E-state index is 12.3. The number of aromatic nitrogens is 2. The molecule has 8 heteroatoms. The maximum Gasteiger partial charge on any atom is 0.269 e. The molecule has 26 heavy (non-hydrogen) atoms. The van der Waals surface area contributed by atoms with Crippen molar-refractivity contribution in [2.75, 3.05) is 38.6 Å². The molecule has 0 spiro atoms. The van der Waals surface area contributed by atoms with Gasteiger partial charge in [-0.3, -0.25) is 14.5 Å². The second-order valence-electron chi connectivity index (χ2n) is 6.68. The lowest BCUT2D eigenvalue weighted by atomic mass is 10.2. The molecule has 140 valence electrons. The lowest BCUT2D eigenvalue weighted by molar-refractivity contribution is -0.122. The van der Waals surface area contributed by atoms with Crippen molar-refractivity contribution < 1.29 is 9.21 Å². The topological polar surface area (TPSA) is 83.6 Å². The Labute approximate surface area is 152 Å². The number of carbonyl (C=O) groups excluding carboxylic acids is 1. The van der Waals surface area contributed by atoms with Crippen molar-refractivity contribution in [1.29, 1.82) is 0 Å². The molecular formula is C18H25N5O3. The van der Waals surface area contributed by atoms with E-state index in [0.29, 0.717) is 12.2 Å². The van der Waals surface area contributed by atoms with Gasteiger partial charge in [0.15, 0.2) is 0 Å². The summed E-state index contributed by atoms with van der Waals surface area (Å²) < 4.78 is 6.71. The van der Waals surface area contributed by atoms with Crippen LogP contribution >= 0.6 is 0 Å². The normalized spacial score (nSPS) is 15.8. The van der Waals surface area contributed by atoms with E-state index in [1.54, 1.807) is 17.4 Å². The van der Waals surface area contributed by atoms with Gasteiger partial charge in [0.2, 0.25) is 5.91 Å². The van der Waals surface area contributed by atoms with E-state index in [9.17, 15) is 9.59 Å². The smallest absolute Gasteiger partial charge is 0.269 e. The first-order valence-corrected chi connectivity index (χ1v) is 8.83. The Kier molecular flexibility index (Phi) is 5.72. The van der Waals surface area contributed by atoms with Crippen molar-refractivity contribution in [3.63, 3.8) is 0 Å². The number of carbonyl (C=O) groups is 1. The first-order valence-electron chi connectivity index (χ1n) is 8.83. The quantitative estimate of drug-likeness (QED) is 0.789. The highest BCUT2D eigenvalue weighted by molar-refractivity contribution is 5.75. The van der Waals surface area contributed by atoms with Crippen LogP contribution in [0, 0.1) is 0 Å². The zero-order valence-corrected chi connectivity index (χ0v) is 15.2. The molecule has 3 rings (SSSR count). The maximum absolute atomic E-state index is 12.3. The molecular weight excluding hydrogens is 334 g/mol. The first kappa shape index (κ1) is 18.2. The van der Waals surface area contributed by atoms with Crippen LogP contribution in [0.1, 0.15) is 24.6 Å². The van der Waals surface area contributed by atoms with Crippen LogP contribution in [-0.2, 0) is 11.3 Å². The fourth-order valence-electron chi connectivity index (χ4n) is 3.13. The van der Waals surface area contributed by atoms with Crippen LogP contribution in [0.3, 0.4) is 0 Å². The third-order valence-electron chi connectivity index (χ3n) is 4.61. The van der Waals surface area contributed by atoms with E-state index < -0.39 is 0 Å². The Morgan fingerprint density at radius 1 is 1.38 bits per heavy atom. The summed E-state index contributed by atoms with van der Waals surface area (Å²) in [5.74, 6) is 0.603. The molecule has 3 heterocycles. The molecule has 1 aliphatic rings. The molecule has 0 bridgehead atoms. The molecule has 1 unspecified atom stereocenters. The Morgan fingerprint density at radius 2 is 2.15 bits per heavy atom. The minimum Gasteiger partial charge on any atom is -0.468 e. The molecule has 1 N–H and O–H groups in total. The Hall–Kier alpha value is -2.61. The molecule has 2 aromatic rings. The third-order valence-corrected chi connectivity index (χ3v) is 4.61. The Bertz CT molecular complexity index is 778. The van der Waals surface area contributed by atoms with E-state index in [-0.39, 0.29) is 24.1 Å². The van der Waals surface area contributed by atoms with E-state index in [1.807, 2.05) is 26.2 Å². The number of nitrogens with zero attached hydrogens (tertiary/aromatic N) is 4. The summed E-state index contributed by atoms with van der Waals surface area (Å²) in [6.07, 6.45) is 5.53. The molecule has 1 fully saturated rings. The van der Waals surface area contributed by atoms with Crippen molar-refractivity contribution >= 4 is 11.6 Å². The molecule has 0 aromatic carbocycles. The molecule has 1 atom stereocenters. The summed E-state index contributed by atoms with van der Waals surface area (Å²) in [4.78, 5) is 28.5. The minimum absolute atomic E-state index is 0.0113. The predicted octanol–water partition coefficient (Wildman–Crippen LogP) is 0.856. The SMILES string of the molecule is CN(C)c1cnn(CC(=O)NCC(c2ccco2)N2CCCC2)c(=O)c1. The van der Waals surface area contributed by atoms with Gasteiger partial charge in [0.1, 0.15) is 12.3 Å². The van der Waals surface area contributed by atoms with E-state index in [1.165, 1.54) is 10.7 Å². The molecule has 2 aromatic heterocycles. The van der Waals surface area contributed by atoms with Crippen LogP contribution in [0.4, 0.5) is 5.69 Å². The number of amides is 1. The summed E-state index contributed by atoms with van der Waals surface area (Å²) >= 11 is 0. The molecule has 1 amide bonds. The van der Waals surface area contributed by atoms with E-state index >= 15 is 0 Å². The number of likely N-dealkylation sites (tertiary alicyclic amines) is 1. The molecule has 8 nitrogen and oxygen atoms in total. The molecule has 0 aliphatic carbocycles. The van der Waals surface area contributed by atoms with Crippen LogP contribution in [0.25, 0.3) is 0 Å². The van der Waals surface area contributed by atoms with E-state index in [0.717, 1.165) is 31.7 Å². The average Bonchev–Trinajstić information content (AvgIpc) is 3.31. The summed E-state index contributed by atoms with van der Waals surface area (Å²) in [7, 11) is 3.67. The monoisotopic (exact) mass is 359 g/mol. The van der Waals surface area contributed by atoms with Gasteiger partial charge in [0, 0.05) is 26.7 Å². The Morgan fingerprint density at radius 3 is 2.77 bits per heavy atom. The van der Waals surface area contributed by atoms with Crippen molar-refractivity contribution in [2.24, 2.45) is 0 Å². The Balaban J connectivity index is 1.61. The number of hydrogen-bond acceptors (Lipinski definition) is 6. The fourth-order valence-corrected chi connectivity index (χ4v) is 3.13. The summed E-state index contributed by atoms with van der Waals surface area (Å²) in [6, 6.07) is 5.27. The number of hydrogen-bond donors (Lipinski definition) is 1. The summed E-state index contributed by atoms with van der Waals surface area (Å²) in [6.45, 7) is 2.33. The van der Waals surface area contributed by atoms with Gasteiger partial charge in [-0.05, 0) is 38.1 Å². The van der Waals surface area contributed by atoms with Gasteiger partial charge in [-0.25, -0.2) is 4.68 Å². The standard InChI is InChI=1S/C18H25N5O3/c1-21(2)14-10-18(25)23(20-11-14)13-17(24)19-12-15(16-6-5-9-26-16)22-7-3-4-8-22/h5-6,9-11,15H,3-4,7-8,12-13H2,1-2H3,(H,19,24). The largest absolute Gasteiger partial charge is 0.468 e. The van der Waals surface area contributed by atoms with Gasteiger partial charge >= 0.3 is 0 Å². The highest BCUT2D eigenvalue weighted by Crippen LogP contribution is 2.24. The fraction of sp³-hybridized carbons (Fsp3) is 0.500. The van der Waals surface area contributed by atoms with Crippen molar-refractivity contribution in [3.05, 3.63) is 46.8 Å². The third kappa shape index (κ3) is 4.32. The van der Waals surface area contributed by atoms with Gasteiger partial charge in [0.25, 0.3) is 5.56 Å². The van der Waals surface area contributed by atoms with Crippen LogP contribution < -0.4 is 15.8 Å². The number of nitrogens with one attached hydrogen (secondary N) is 1. The van der Waals surface area contributed by atoms with Gasteiger partial charge in [-0.15, -0.1) is 0 Å². The number of rotatable bonds is 7. The van der Waals surface area contributed by atoms with Crippen LogP contribution in [0.2, 0.25) is 0 Å². The van der Waals surface area contributed by atoms with Crippen LogP contribution in [-0.4, -0.2) is 54.3 Å². The highest BCUT2D eigenvalue weighted by Gasteiger charge is 2.26. The lowest BCUT2D eigenvalue weighted by Gasteiger charge is -2.26. The second kappa shape index (κ2) is 8.18. The molecule has 0 radical (unpaired) electrons. The van der Waals surface area contributed by atoms with E-state index in [2.05, 4.69) is 15.3 Å². The van der Waals surface area contributed by atoms with Gasteiger partial charge in [-0.1, -0.05) is 0 Å². The molecule has 0 saturated carbocycles. The molecule has 1 aliphatic heterocycles. The zero-order valence-electron chi connectivity index (χ0n) is 15.2. The summed E-state index contributed by atoms with van der Waals surface area (Å²) in [5.41, 5.74) is 0.409. The number of furan rings is 1. The van der Waals surface area contributed by atoms with Crippen molar-refractivity contribution in [2.45, 2.75) is 25.4 Å². The first-order chi connectivity index (χ1) is 12.5. The van der Waals surface area contributed by atoms with Crippen LogP contribution in [0.5, 0.6) is 0 Å². The average molecular weight is 359 g/mol. The van der Waals surface area contributed by atoms with Gasteiger partial charge < -0.3 is 14.6 Å². The zero-order chi connectivity index (χ0) is 18.5. The molecule has 1 saturated heterocycles. The predicted molar refractivity (Wildman–Crippen MR) is 98.1 cm³/mol. The van der Waals surface area contributed by atoms with Crippen molar-refractivity contribution in [1.82, 2.24) is 20.0 Å². The number of anilines is 1. The van der Waals surface area contributed by atoms with Gasteiger partial charge in [-0.2, -0.15) is 5.10 Å². The van der Waals surface area contributed by atoms with Crippen LogP contribution in [0.15, 0.2) is 39.9 Å². The highest BCUT2D eigenvalue weighted by atomic mass is 16.3. The summed E-state index contributed by atoms with van der Waals surface area (Å²) in [5, 5.41) is 6.98. The van der Waals surface area contributed by atoms with E-state index in [4.69, 9.17) is 4.42 Å². The lowest BCUT2D eigenvalue weighted by Crippen LogP contribution is -2.39.